The number of benzene rings is 2. The molecule has 2 aromatic carbocycles. The molecule has 7 heteroatoms. The first-order valence-corrected chi connectivity index (χ1v) is 9.02. The van der Waals surface area contributed by atoms with Gasteiger partial charge in [-0.05, 0) is 38.1 Å². The fourth-order valence-corrected chi connectivity index (χ4v) is 2.97. The molecule has 0 fully saturated rings. The lowest BCUT2D eigenvalue weighted by Gasteiger charge is -2.21. The van der Waals surface area contributed by atoms with Crippen LogP contribution >= 0.6 is 0 Å². The second-order valence-corrected chi connectivity index (χ2v) is 6.10. The van der Waals surface area contributed by atoms with Crippen LogP contribution in [0.2, 0.25) is 0 Å². The number of anilines is 1. The van der Waals surface area contributed by atoms with Gasteiger partial charge < -0.3 is 9.64 Å². The summed E-state index contributed by atoms with van der Waals surface area (Å²) in [6, 6.07) is 13.6. The number of fused-ring (bicyclic) bond motifs is 1. The summed E-state index contributed by atoms with van der Waals surface area (Å²) in [6.07, 6.45) is 0.361. The third-order valence-corrected chi connectivity index (χ3v) is 4.43. The largest absolute Gasteiger partial charge is 0.431 e. The Kier molecular flexibility index (Phi) is 5.74. The van der Waals surface area contributed by atoms with E-state index in [1.165, 1.54) is 0 Å². The topological polar surface area (TPSA) is 87.7 Å². The highest BCUT2D eigenvalue weighted by Gasteiger charge is 2.25. The Morgan fingerprint density at radius 3 is 2.25 bits per heavy atom. The van der Waals surface area contributed by atoms with Gasteiger partial charge in [0.05, 0.1) is 0 Å². The monoisotopic (exact) mass is 379 g/mol. The van der Waals surface area contributed by atoms with E-state index < -0.39 is 6.09 Å². The Morgan fingerprint density at radius 1 is 0.964 bits per heavy atom. The lowest BCUT2D eigenvalue weighted by molar-refractivity contribution is 0.0975. The summed E-state index contributed by atoms with van der Waals surface area (Å²) < 4.78 is 5.18. The second kappa shape index (κ2) is 8.39. The number of rotatable bonds is 6. The Hall–Kier alpha value is -3.61. The number of nitrogens with one attached hydrogen (secondary N) is 2. The van der Waals surface area contributed by atoms with Gasteiger partial charge in [0.1, 0.15) is 11.4 Å². The zero-order chi connectivity index (χ0) is 20.1. The van der Waals surface area contributed by atoms with E-state index in [1.807, 2.05) is 12.1 Å². The van der Waals surface area contributed by atoms with Crippen LogP contribution in [0.3, 0.4) is 0 Å². The smallest absolute Gasteiger partial charge is 0.409 e. The molecular weight excluding hydrogens is 358 g/mol. The quantitative estimate of drug-likeness (QED) is 0.750. The van der Waals surface area contributed by atoms with Crippen molar-refractivity contribution in [3.05, 3.63) is 71.4 Å². The van der Waals surface area contributed by atoms with E-state index in [-0.39, 0.29) is 17.3 Å². The highest BCUT2D eigenvalue weighted by Crippen LogP contribution is 2.20. The van der Waals surface area contributed by atoms with E-state index in [0.29, 0.717) is 16.9 Å². The van der Waals surface area contributed by atoms with Gasteiger partial charge in [0, 0.05) is 36.0 Å². The van der Waals surface area contributed by atoms with Crippen molar-refractivity contribution < 1.29 is 19.1 Å². The van der Waals surface area contributed by atoms with E-state index >= 15 is 0 Å². The summed E-state index contributed by atoms with van der Waals surface area (Å²) in [5, 5.41) is 0. The second-order valence-electron chi connectivity index (χ2n) is 6.10. The molecule has 0 heterocycles. The summed E-state index contributed by atoms with van der Waals surface area (Å²) in [6.45, 7) is 5.90. The predicted molar refractivity (Wildman–Crippen MR) is 105 cm³/mol. The normalized spacial score (nSPS) is 12.7. The SMILES string of the molecule is CCN(CC)c1ccc(OC(=O)NNC2=CC(=O)c3ccccc3C2=O)cc1. The van der Waals surface area contributed by atoms with Crippen molar-refractivity contribution in [2.75, 3.05) is 18.0 Å². The molecule has 1 amide bonds. The van der Waals surface area contributed by atoms with Crippen LogP contribution in [0.15, 0.2) is 60.3 Å². The molecular formula is C21H21N3O4. The lowest BCUT2D eigenvalue weighted by atomic mass is 9.93. The molecule has 7 nitrogen and oxygen atoms in total. The average molecular weight is 379 g/mol. The molecule has 1 aliphatic rings. The standard InChI is InChI=1S/C21H21N3O4/c1-3-24(4-2)14-9-11-15(12-10-14)28-21(27)23-22-18-13-19(25)16-7-5-6-8-17(16)20(18)26/h5-13,22H,3-4H2,1-2H3,(H,23,27). The highest BCUT2D eigenvalue weighted by molar-refractivity contribution is 6.24. The van der Waals surface area contributed by atoms with Crippen LogP contribution in [-0.4, -0.2) is 30.7 Å². The van der Waals surface area contributed by atoms with Crippen molar-refractivity contribution in [2.45, 2.75) is 13.8 Å². The minimum Gasteiger partial charge on any atom is -0.409 e. The first-order chi connectivity index (χ1) is 13.5. The first kappa shape index (κ1) is 19.2. The number of hydrazine groups is 1. The van der Waals surface area contributed by atoms with Crippen molar-refractivity contribution in [1.82, 2.24) is 10.9 Å². The van der Waals surface area contributed by atoms with Crippen LogP contribution in [-0.2, 0) is 0 Å². The molecule has 0 atom stereocenters. The minimum atomic E-state index is -0.796. The van der Waals surface area contributed by atoms with Gasteiger partial charge in [0.15, 0.2) is 5.78 Å². The van der Waals surface area contributed by atoms with Crippen molar-refractivity contribution in [3.8, 4) is 5.75 Å². The average Bonchev–Trinajstić information content (AvgIpc) is 2.72. The molecule has 0 saturated heterocycles. The van der Waals surface area contributed by atoms with Crippen LogP contribution in [0.25, 0.3) is 0 Å². The zero-order valence-electron chi connectivity index (χ0n) is 15.7. The Labute approximate surface area is 163 Å². The van der Waals surface area contributed by atoms with Gasteiger partial charge in [-0.1, -0.05) is 24.3 Å². The number of carbonyl (C=O) groups is 3. The summed E-state index contributed by atoms with van der Waals surface area (Å²) in [5.74, 6) is -0.320. The molecule has 28 heavy (non-hydrogen) atoms. The molecule has 1 aliphatic carbocycles. The van der Waals surface area contributed by atoms with Gasteiger partial charge in [-0.15, -0.1) is 0 Å². The lowest BCUT2D eigenvalue weighted by Crippen LogP contribution is -2.42. The van der Waals surface area contributed by atoms with Crippen molar-refractivity contribution >= 4 is 23.3 Å². The molecule has 2 aromatic rings. The number of Topliss-reactive ketones (excluding diaryl/α,β-unsaturated/α-hetero) is 1. The third kappa shape index (κ3) is 4.03. The molecule has 3 rings (SSSR count). The van der Waals surface area contributed by atoms with Crippen molar-refractivity contribution in [2.24, 2.45) is 0 Å². The zero-order valence-corrected chi connectivity index (χ0v) is 15.7. The third-order valence-electron chi connectivity index (χ3n) is 4.43. The van der Waals surface area contributed by atoms with Crippen LogP contribution in [0, 0.1) is 0 Å². The maximum absolute atomic E-state index is 12.4. The number of carbonyl (C=O) groups excluding carboxylic acids is 3. The molecule has 0 unspecified atom stereocenters. The maximum atomic E-state index is 12.4. The number of amides is 1. The van der Waals surface area contributed by atoms with Crippen LogP contribution in [0.1, 0.15) is 34.6 Å². The number of ether oxygens (including phenoxy) is 1. The van der Waals surface area contributed by atoms with E-state index in [9.17, 15) is 14.4 Å². The van der Waals surface area contributed by atoms with Gasteiger partial charge in [0.25, 0.3) is 0 Å². The first-order valence-electron chi connectivity index (χ1n) is 9.02. The minimum absolute atomic E-state index is 0.0162. The summed E-state index contributed by atoms with van der Waals surface area (Å²) in [5.41, 5.74) is 6.40. The van der Waals surface area contributed by atoms with E-state index in [0.717, 1.165) is 24.9 Å². The Balaban J connectivity index is 1.59. The number of hydrogen-bond acceptors (Lipinski definition) is 6. The predicted octanol–water partition coefficient (Wildman–Crippen LogP) is 3.09. The van der Waals surface area contributed by atoms with Crippen molar-refractivity contribution in [3.63, 3.8) is 0 Å². The molecule has 0 aromatic heterocycles. The number of nitrogens with zero attached hydrogens (tertiary/aromatic N) is 1. The molecule has 0 aliphatic heterocycles. The van der Waals surface area contributed by atoms with Gasteiger partial charge in [0.2, 0.25) is 5.78 Å². The van der Waals surface area contributed by atoms with Gasteiger partial charge >= 0.3 is 6.09 Å². The Bertz CT molecular complexity index is 931. The van der Waals surface area contributed by atoms with Crippen LogP contribution in [0.5, 0.6) is 5.75 Å². The van der Waals surface area contributed by atoms with Gasteiger partial charge in [-0.3, -0.25) is 15.0 Å². The molecule has 144 valence electrons. The van der Waals surface area contributed by atoms with Gasteiger partial charge in [-0.25, -0.2) is 10.2 Å². The summed E-state index contributed by atoms with van der Waals surface area (Å²) in [4.78, 5) is 38.7. The van der Waals surface area contributed by atoms with Gasteiger partial charge in [-0.2, -0.15) is 0 Å². The molecule has 0 spiro atoms. The van der Waals surface area contributed by atoms with E-state index in [1.54, 1.807) is 36.4 Å². The summed E-state index contributed by atoms with van der Waals surface area (Å²) in [7, 11) is 0. The molecule has 2 N–H and O–H groups in total. The van der Waals surface area contributed by atoms with Crippen LogP contribution in [0.4, 0.5) is 10.5 Å². The van der Waals surface area contributed by atoms with Crippen LogP contribution < -0.4 is 20.5 Å². The highest BCUT2D eigenvalue weighted by atomic mass is 16.6. The van der Waals surface area contributed by atoms with E-state index in [2.05, 4.69) is 29.6 Å². The fraction of sp³-hybridized carbons (Fsp3) is 0.190. The maximum Gasteiger partial charge on any atom is 0.431 e. The Morgan fingerprint density at radius 2 is 1.61 bits per heavy atom. The number of hydrogen-bond donors (Lipinski definition) is 2. The molecule has 0 saturated carbocycles. The molecule has 0 bridgehead atoms. The molecule has 0 radical (unpaired) electrons. The number of ketones is 2. The van der Waals surface area contributed by atoms with Crippen molar-refractivity contribution in [1.29, 1.82) is 0 Å². The summed E-state index contributed by atoms with van der Waals surface area (Å²) >= 11 is 0. The fourth-order valence-electron chi connectivity index (χ4n) is 2.97. The number of allylic oxidation sites excluding steroid dienone is 2. The van der Waals surface area contributed by atoms with E-state index in [4.69, 9.17) is 4.74 Å².